The molecule has 2 amide bonds. The van der Waals surface area contributed by atoms with Gasteiger partial charge >= 0.3 is 0 Å². The third-order valence-electron chi connectivity index (χ3n) is 12.9. The number of likely N-dealkylation sites (tertiary alicyclic amines) is 1. The molecule has 8 rings (SSSR count). The van der Waals surface area contributed by atoms with Gasteiger partial charge in [-0.3, -0.25) is 24.0 Å². The number of phenols is 1. The molecule has 2 aliphatic carbocycles. The molecule has 0 radical (unpaired) electrons. The molecule has 2 saturated carbocycles. The van der Waals surface area contributed by atoms with E-state index in [-0.39, 0.29) is 41.3 Å². The number of aliphatic hydroxyl groups excluding tert-OH is 1. The highest BCUT2D eigenvalue weighted by Gasteiger charge is 2.41. The van der Waals surface area contributed by atoms with Crippen LogP contribution in [-0.4, -0.2) is 129 Å². The fourth-order valence-electron chi connectivity index (χ4n) is 9.31. The fourth-order valence-corrected chi connectivity index (χ4v) is 9.31. The van der Waals surface area contributed by atoms with Gasteiger partial charge in [-0.05, 0) is 85.8 Å². The lowest BCUT2D eigenvalue weighted by molar-refractivity contribution is -0.134. The molecular formula is C46H61N7O7. The van der Waals surface area contributed by atoms with Crippen LogP contribution in [0.15, 0.2) is 65.6 Å². The van der Waals surface area contributed by atoms with Crippen molar-refractivity contribution in [2.45, 2.75) is 95.0 Å². The van der Waals surface area contributed by atoms with E-state index in [1.165, 1.54) is 36.1 Å². The lowest BCUT2D eigenvalue weighted by Gasteiger charge is -2.47. The van der Waals surface area contributed by atoms with Gasteiger partial charge in [-0.1, -0.05) is 43.2 Å². The summed E-state index contributed by atoms with van der Waals surface area (Å²) < 4.78 is 14.3. The van der Waals surface area contributed by atoms with Crippen molar-refractivity contribution in [1.29, 1.82) is 0 Å². The van der Waals surface area contributed by atoms with Gasteiger partial charge in [-0.25, -0.2) is 0 Å². The highest BCUT2D eigenvalue weighted by Crippen LogP contribution is 2.33. The fraction of sp³-hybridized carbons (Fsp3) is 0.565. The Morgan fingerprint density at radius 1 is 1.02 bits per heavy atom. The van der Waals surface area contributed by atoms with E-state index in [0.29, 0.717) is 80.5 Å². The van der Waals surface area contributed by atoms with E-state index in [0.717, 1.165) is 71.1 Å². The average Bonchev–Trinajstić information content (AvgIpc) is 3.66. The lowest BCUT2D eigenvalue weighted by atomic mass is 9.89. The topological polar surface area (TPSA) is 165 Å². The first-order valence-corrected chi connectivity index (χ1v) is 22.1. The summed E-state index contributed by atoms with van der Waals surface area (Å²) in [5.74, 6) is 0.771. The minimum Gasteiger partial charge on any atom is -0.506 e. The predicted molar refractivity (Wildman–Crippen MR) is 228 cm³/mol. The molecule has 4 aliphatic rings. The van der Waals surface area contributed by atoms with Crippen molar-refractivity contribution in [3.63, 3.8) is 0 Å². The summed E-state index contributed by atoms with van der Waals surface area (Å²) in [6, 6.07) is 16.9. The van der Waals surface area contributed by atoms with Gasteiger partial charge in [0, 0.05) is 76.0 Å². The molecule has 2 saturated heterocycles. The summed E-state index contributed by atoms with van der Waals surface area (Å²) in [7, 11) is 0. The van der Waals surface area contributed by atoms with E-state index in [4.69, 9.17) is 9.47 Å². The summed E-state index contributed by atoms with van der Waals surface area (Å²) in [5, 5.41) is 29.6. The van der Waals surface area contributed by atoms with Gasteiger partial charge in [0.1, 0.15) is 11.4 Å². The monoisotopic (exact) mass is 823 g/mol. The molecule has 322 valence electrons. The van der Waals surface area contributed by atoms with Gasteiger partial charge in [0.25, 0.3) is 5.91 Å². The maximum Gasteiger partial charge on any atom is 0.274 e. The Morgan fingerprint density at radius 3 is 2.65 bits per heavy atom. The van der Waals surface area contributed by atoms with Gasteiger partial charge in [-0.2, -0.15) is 5.10 Å². The molecule has 2 aromatic carbocycles. The van der Waals surface area contributed by atoms with Crippen LogP contribution in [0.4, 0.5) is 0 Å². The smallest absolute Gasteiger partial charge is 0.274 e. The largest absolute Gasteiger partial charge is 0.506 e. The second kappa shape index (κ2) is 19.4. The van der Waals surface area contributed by atoms with Crippen molar-refractivity contribution in [1.82, 2.24) is 34.8 Å². The summed E-state index contributed by atoms with van der Waals surface area (Å²) >= 11 is 0. The number of carbonyl (C=O) groups excluding carboxylic acids is 2. The molecule has 4 aromatic rings. The molecular weight excluding hydrogens is 763 g/mol. The average molecular weight is 824 g/mol. The molecule has 14 heteroatoms. The number of carbonyl (C=O) groups is 2. The van der Waals surface area contributed by atoms with Crippen LogP contribution in [-0.2, 0) is 33.8 Å². The van der Waals surface area contributed by atoms with Crippen molar-refractivity contribution in [3.8, 4) is 5.75 Å². The highest BCUT2D eigenvalue weighted by molar-refractivity contribution is 5.92. The summed E-state index contributed by atoms with van der Waals surface area (Å²) in [6.07, 6.45) is 10.7. The zero-order chi connectivity index (χ0) is 41.5. The van der Waals surface area contributed by atoms with Crippen molar-refractivity contribution < 1.29 is 29.3 Å². The number of nitrogens with one attached hydrogen (secondary N) is 2. The molecule has 1 spiro atoms. The van der Waals surface area contributed by atoms with Crippen LogP contribution >= 0.6 is 0 Å². The molecule has 4 heterocycles. The number of rotatable bonds is 18. The van der Waals surface area contributed by atoms with Crippen molar-refractivity contribution in [2.75, 3.05) is 65.6 Å². The number of aromatic nitrogens is 3. The molecule has 2 aliphatic heterocycles. The van der Waals surface area contributed by atoms with E-state index in [2.05, 4.69) is 44.6 Å². The number of nitrogens with zero attached hydrogens (tertiary/aromatic N) is 5. The molecule has 2 aromatic heterocycles. The first-order chi connectivity index (χ1) is 29.2. The molecule has 60 heavy (non-hydrogen) atoms. The number of pyridine rings is 1. The normalized spacial score (nSPS) is 19.0. The molecule has 14 nitrogen and oxygen atoms in total. The van der Waals surface area contributed by atoms with Crippen molar-refractivity contribution >= 4 is 22.7 Å². The number of morpholine rings is 1. The van der Waals surface area contributed by atoms with Crippen LogP contribution in [0.5, 0.6) is 5.75 Å². The van der Waals surface area contributed by atoms with Gasteiger partial charge in [0.15, 0.2) is 0 Å². The zero-order valence-electron chi connectivity index (χ0n) is 34.7. The molecule has 1 atom stereocenters. The van der Waals surface area contributed by atoms with E-state index in [9.17, 15) is 24.6 Å². The Hall–Kier alpha value is -4.60. The minimum absolute atomic E-state index is 0.00935. The van der Waals surface area contributed by atoms with Gasteiger partial charge in [0.2, 0.25) is 11.5 Å². The summed E-state index contributed by atoms with van der Waals surface area (Å²) in [5.41, 5.74) is 3.31. The molecule has 4 N–H and O–H groups in total. The Bertz CT molecular complexity index is 2140. The standard InChI is InChI=1S/C46H61N7O7/c54-40-12-10-37(38-11-13-42(56)48-44(38)40)41(55)29-47-19-23-53(36-6-1-2-7-36)43(57)16-26-59-25-15-33-4-3-5-35(28-33)30-50-21-17-46(18-22-50)32-51(24-27-60-46)45(58)39-14-20-52(49-39)31-34-8-9-34/h3-5,10-14,20,28,34,36,41,47,54-55H,1-2,6-9,15-19,21-27,29-32H2,(H,48,56)/t41-/m0/s1. The maximum absolute atomic E-state index is 13.5. The predicted octanol–water partition coefficient (Wildman–Crippen LogP) is 4.39. The number of aromatic hydroxyl groups is 1. The van der Waals surface area contributed by atoms with Crippen LogP contribution in [0.2, 0.25) is 0 Å². The number of aromatic amines is 1. The number of piperidine rings is 1. The number of ether oxygens (including phenoxy) is 2. The van der Waals surface area contributed by atoms with E-state index >= 15 is 0 Å². The third-order valence-corrected chi connectivity index (χ3v) is 12.9. The second-order valence-electron chi connectivity index (χ2n) is 17.4. The lowest BCUT2D eigenvalue weighted by Crippen LogP contribution is -2.58. The number of fused-ring (bicyclic) bond motifs is 1. The Labute approximate surface area is 351 Å². The number of hydrogen-bond donors (Lipinski definition) is 4. The summed E-state index contributed by atoms with van der Waals surface area (Å²) in [6.45, 7) is 7.62. The van der Waals surface area contributed by atoms with Crippen LogP contribution in [0.1, 0.15) is 91.1 Å². The number of aliphatic hydroxyl groups is 1. The minimum atomic E-state index is -0.859. The van der Waals surface area contributed by atoms with E-state index < -0.39 is 6.10 Å². The Morgan fingerprint density at radius 2 is 1.83 bits per heavy atom. The van der Waals surface area contributed by atoms with Crippen LogP contribution in [0.3, 0.4) is 0 Å². The summed E-state index contributed by atoms with van der Waals surface area (Å²) in [4.78, 5) is 47.7. The van der Waals surface area contributed by atoms with Crippen molar-refractivity contribution in [3.05, 3.63) is 93.5 Å². The number of hydrogen-bond acceptors (Lipinski definition) is 10. The number of benzene rings is 2. The van der Waals surface area contributed by atoms with Gasteiger partial charge in [0.05, 0.1) is 50.0 Å². The SMILES string of the molecule is O=C(c1ccn(CC2CC2)n1)N1CCOC2(CCN(Cc3cccc(CCOCCC(=O)N(CCNC[C@H](O)c4ccc(O)c5[nH]c(=O)ccc45)C4CCCC4)c3)CC2)C1. The quantitative estimate of drug-likeness (QED) is 0.106. The molecule has 0 bridgehead atoms. The number of H-pyrrole nitrogens is 1. The maximum atomic E-state index is 13.5. The van der Waals surface area contributed by atoms with Gasteiger partial charge < -0.3 is 39.8 Å². The van der Waals surface area contributed by atoms with Gasteiger partial charge in [-0.15, -0.1) is 0 Å². The first-order valence-electron chi connectivity index (χ1n) is 22.1. The number of amides is 2. The van der Waals surface area contributed by atoms with Crippen molar-refractivity contribution in [2.24, 2.45) is 5.92 Å². The zero-order valence-corrected chi connectivity index (χ0v) is 34.7. The van der Waals surface area contributed by atoms with E-state index in [1.807, 2.05) is 26.7 Å². The van der Waals surface area contributed by atoms with Crippen LogP contribution in [0, 0.1) is 5.92 Å². The Balaban J connectivity index is 0.741. The first kappa shape index (κ1) is 42.1. The highest BCUT2D eigenvalue weighted by atomic mass is 16.5. The molecule has 0 unspecified atom stereocenters. The third kappa shape index (κ3) is 10.6. The second-order valence-corrected chi connectivity index (χ2v) is 17.4. The van der Waals surface area contributed by atoms with E-state index in [1.54, 1.807) is 12.1 Å². The Kier molecular flexibility index (Phi) is 13.6. The number of phenolic OH excluding ortho intramolecular Hbond substituents is 1. The molecule has 4 fully saturated rings. The van der Waals surface area contributed by atoms with Crippen LogP contribution < -0.4 is 10.9 Å². The van der Waals surface area contributed by atoms with Crippen LogP contribution in [0.25, 0.3) is 10.9 Å².